The molecule has 0 aliphatic carbocycles. The molecule has 20 aromatic rings. The van der Waals surface area contributed by atoms with Crippen molar-refractivity contribution in [1.29, 1.82) is 0 Å². The van der Waals surface area contributed by atoms with E-state index in [9.17, 15) is 0 Å². The number of pyridine rings is 2. The monoisotopic (exact) mass is 1370 g/mol. The minimum atomic E-state index is 0.605. The van der Waals surface area contributed by atoms with Gasteiger partial charge < -0.3 is 0 Å². The normalized spacial score (nSPS) is 11.6. The van der Waals surface area contributed by atoms with E-state index in [1.807, 2.05) is 24.3 Å². The lowest BCUT2D eigenvalue weighted by molar-refractivity contribution is 1.07. The second-order valence-corrected chi connectivity index (χ2v) is 27.0. The summed E-state index contributed by atoms with van der Waals surface area (Å²) in [6, 6.07) is 105. The zero-order valence-corrected chi connectivity index (χ0v) is 57.7. The Morgan fingerprint density at radius 3 is 0.894 bits per heavy atom. The number of fused-ring (bicyclic) bond motifs is 12. The van der Waals surface area contributed by atoms with Crippen LogP contribution >= 0.6 is 23.5 Å². The number of aromatic nitrogens is 12. The lowest BCUT2D eigenvalue weighted by atomic mass is 9.93. The lowest BCUT2D eigenvalue weighted by Crippen LogP contribution is -2.00. The Hall–Kier alpha value is -13.4. The smallest absolute Gasteiger partial charge is 0.164 e. The highest BCUT2D eigenvalue weighted by atomic mass is 32.1. The molecule has 0 aliphatic rings. The molecule has 0 fully saturated rings. The van der Waals surface area contributed by atoms with E-state index in [0.29, 0.717) is 34.9 Å². The highest BCUT2D eigenvalue weighted by Crippen LogP contribution is 2.44. The Morgan fingerprint density at radius 2 is 0.510 bits per heavy atom. The molecule has 0 aliphatic heterocycles. The zero-order valence-electron chi connectivity index (χ0n) is 56.1. The van der Waals surface area contributed by atoms with Gasteiger partial charge in [0.1, 0.15) is 22.1 Å². The van der Waals surface area contributed by atoms with Crippen LogP contribution in [0, 0.1) is 13.8 Å². The zero-order chi connectivity index (χ0) is 69.2. The van der Waals surface area contributed by atoms with Crippen LogP contribution in [0.5, 0.6) is 0 Å². The standard InChI is InChI=1S/C48H28N6S.C42H28N6S/c1-2-12-32(13-3-1)43-40-28-39(44-45(54-55-53-44)42(40)38-16-8-9-17-41(38)49-43)31-20-22-33(23-21-31)46-50-47(36-24-18-29-10-4-6-14-34(29)26-36)52-48(51-46)37-25-19-30-11-5-7-15-35(30)27-37;1-25-12-16-29(17-13-25)40-44-41(30-18-14-26(2)15-19-30)46-42(45-40)31-22-20-27(21-23-31)33-24-34-36(39-38(33)47-49-48-39)32-10-6-7-11-35(32)43-37(34)28-8-4-3-5-9-28/h1-28H;3-24H,1-2H3. The molecule has 14 aromatic carbocycles. The first-order chi connectivity index (χ1) is 51.3. The van der Waals surface area contributed by atoms with Crippen molar-refractivity contribution in [3.63, 3.8) is 0 Å². The Bertz CT molecular complexity index is 6570. The van der Waals surface area contributed by atoms with Crippen molar-refractivity contribution in [1.82, 2.24) is 57.4 Å². The minimum absolute atomic E-state index is 0.605. The summed E-state index contributed by atoms with van der Waals surface area (Å²) in [5.74, 6) is 3.76. The fourth-order valence-corrected chi connectivity index (χ4v) is 15.1. The molecular formula is C90H56N12S2. The summed E-state index contributed by atoms with van der Waals surface area (Å²) in [7, 11) is 0. The van der Waals surface area contributed by atoms with Crippen LogP contribution in [0.3, 0.4) is 0 Å². The van der Waals surface area contributed by atoms with Gasteiger partial charge in [0, 0.05) is 88.0 Å². The molecule has 0 radical (unpaired) electrons. The molecule has 6 heterocycles. The third kappa shape index (κ3) is 11.4. The predicted octanol–water partition coefficient (Wildman–Crippen LogP) is 22.7. The molecule has 0 bridgehead atoms. The topological polar surface area (TPSA) is 155 Å². The van der Waals surface area contributed by atoms with Crippen molar-refractivity contribution in [2.24, 2.45) is 0 Å². The van der Waals surface area contributed by atoms with Crippen LogP contribution in [0.25, 0.3) is 200 Å². The number of benzene rings is 14. The second kappa shape index (κ2) is 26.0. The maximum atomic E-state index is 5.19. The Morgan fingerprint density at radius 1 is 0.212 bits per heavy atom. The van der Waals surface area contributed by atoms with Crippen molar-refractivity contribution in [3.8, 4) is 113 Å². The fourth-order valence-electron chi connectivity index (χ4n) is 14.0. The van der Waals surface area contributed by atoms with Crippen LogP contribution in [0.2, 0.25) is 0 Å². The third-order valence-corrected chi connectivity index (χ3v) is 20.4. The van der Waals surface area contributed by atoms with Gasteiger partial charge in [-0.3, -0.25) is 0 Å². The quantitative estimate of drug-likeness (QED) is 0.120. The molecule has 20 rings (SSSR count). The number of hydrogen-bond acceptors (Lipinski definition) is 14. The van der Waals surface area contributed by atoms with Gasteiger partial charge in [0.25, 0.3) is 0 Å². The van der Waals surface area contributed by atoms with E-state index >= 15 is 0 Å². The van der Waals surface area contributed by atoms with E-state index in [0.717, 1.165) is 154 Å². The van der Waals surface area contributed by atoms with Crippen LogP contribution in [0.1, 0.15) is 11.1 Å². The van der Waals surface area contributed by atoms with Gasteiger partial charge in [-0.25, -0.2) is 39.9 Å². The SMILES string of the molecule is Cc1ccc(-c2nc(-c3ccc(C)cc3)nc(-c3ccc(-c4cc5c(-c6ccccc6)nc6ccccc6c5c5nsnc45)cc3)n2)cc1.c1ccc(-c2nc3ccccc3c3c2cc(-c2ccc(-c4nc(-c5ccc6ccccc6c5)nc(-c5ccc6ccccc6c5)n4)cc2)c2nsnc23)cc1. The van der Waals surface area contributed by atoms with Gasteiger partial charge in [-0.15, -0.1) is 0 Å². The maximum Gasteiger partial charge on any atom is 0.164 e. The summed E-state index contributed by atoms with van der Waals surface area (Å²) in [6.45, 7) is 4.15. The minimum Gasteiger partial charge on any atom is -0.247 e. The number of para-hydroxylation sites is 2. The Labute approximate surface area is 605 Å². The molecule has 0 saturated carbocycles. The Kier molecular flexibility index (Phi) is 15.4. The van der Waals surface area contributed by atoms with Crippen molar-refractivity contribution in [2.75, 3.05) is 0 Å². The summed E-state index contributed by atoms with van der Waals surface area (Å²) in [5, 5.41) is 11.0. The van der Waals surface area contributed by atoms with Gasteiger partial charge in [-0.1, -0.05) is 278 Å². The van der Waals surface area contributed by atoms with Crippen molar-refractivity contribution in [3.05, 3.63) is 314 Å². The molecular weight excluding hydrogens is 1310 g/mol. The van der Waals surface area contributed by atoms with E-state index < -0.39 is 0 Å². The van der Waals surface area contributed by atoms with Crippen LogP contribution in [0.4, 0.5) is 0 Å². The molecule has 0 atom stereocenters. The van der Waals surface area contributed by atoms with E-state index in [4.69, 9.17) is 57.4 Å². The van der Waals surface area contributed by atoms with Gasteiger partial charge in [0.05, 0.1) is 45.9 Å². The average Bonchev–Trinajstić information content (AvgIpc) is 1.31. The van der Waals surface area contributed by atoms with Gasteiger partial charge >= 0.3 is 0 Å². The molecule has 0 spiro atoms. The molecule has 488 valence electrons. The van der Waals surface area contributed by atoms with E-state index in [-0.39, 0.29) is 0 Å². The molecule has 104 heavy (non-hydrogen) atoms. The van der Waals surface area contributed by atoms with Crippen molar-refractivity contribution >= 4 is 110 Å². The highest BCUT2D eigenvalue weighted by molar-refractivity contribution is 7.00. The first-order valence-corrected chi connectivity index (χ1v) is 35.7. The maximum absolute atomic E-state index is 5.19. The first kappa shape index (κ1) is 61.7. The lowest BCUT2D eigenvalue weighted by Gasteiger charge is -2.13. The van der Waals surface area contributed by atoms with Gasteiger partial charge in [-0.2, -0.15) is 17.5 Å². The summed E-state index contributed by atoms with van der Waals surface area (Å²) in [5.41, 5.74) is 21.4. The molecule has 0 unspecified atom stereocenters. The Balaban J connectivity index is 0.000000144. The van der Waals surface area contributed by atoms with Crippen LogP contribution in [0.15, 0.2) is 303 Å². The average molecular weight is 1370 g/mol. The summed E-state index contributed by atoms with van der Waals surface area (Å²) in [4.78, 5) is 40.4. The molecule has 0 saturated heterocycles. The molecule has 12 nitrogen and oxygen atoms in total. The first-order valence-electron chi connectivity index (χ1n) is 34.2. The second-order valence-electron chi connectivity index (χ2n) is 25.9. The van der Waals surface area contributed by atoms with Gasteiger partial charge in [0.2, 0.25) is 0 Å². The van der Waals surface area contributed by atoms with Crippen LogP contribution < -0.4 is 0 Å². The summed E-state index contributed by atoms with van der Waals surface area (Å²) in [6.07, 6.45) is 0. The van der Waals surface area contributed by atoms with E-state index in [2.05, 4.69) is 293 Å². The van der Waals surface area contributed by atoms with Gasteiger partial charge in [0.15, 0.2) is 34.9 Å². The van der Waals surface area contributed by atoms with E-state index in [1.54, 1.807) is 0 Å². The highest BCUT2D eigenvalue weighted by Gasteiger charge is 2.23. The molecule has 0 amide bonds. The number of nitrogens with zero attached hydrogens (tertiary/aromatic N) is 12. The van der Waals surface area contributed by atoms with Crippen molar-refractivity contribution in [2.45, 2.75) is 13.8 Å². The molecule has 6 aromatic heterocycles. The molecule has 0 N–H and O–H groups in total. The third-order valence-electron chi connectivity index (χ3n) is 19.3. The van der Waals surface area contributed by atoms with Crippen LogP contribution in [-0.4, -0.2) is 57.4 Å². The number of aryl methyl sites for hydroxylation is 2. The van der Waals surface area contributed by atoms with E-state index in [1.165, 1.54) is 45.4 Å². The van der Waals surface area contributed by atoms with Gasteiger partial charge in [-0.05, 0) is 82.9 Å². The predicted molar refractivity (Wildman–Crippen MR) is 426 cm³/mol. The number of hydrogen-bond donors (Lipinski definition) is 0. The largest absolute Gasteiger partial charge is 0.247 e. The van der Waals surface area contributed by atoms with Crippen LogP contribution in [-0.2, 0) is 0 Å². The number of rotatable bonds is 10. The summed E-state index contributed by atoms with van der Waals surface area (Å²) < 4.78 is 19.4. The molecule has 14 heteroatoms. The summed E-state index contributed by atoms with van der Waals surface area (Å²) >= 11 is 2.48. The fraction of sp³-hybridized carbons (Fsp3) is 0.0222. The van der Waals surface area contributed by atoms with Crippen molar-refractivity contribution < 1.29 is 0 Å².